The summed E-state index contributed by atoms with van der Waals surface area (Å²) in [5.41, 5.74) is 5.00. The molecule has 2 bridgehead atoms. The molecule has 4 aliphatic rings. The lowest BCUT2D eigenvalue weighted by Crippen LogP contribution is -2.48. The van der Waals surface area contributed by atoms with Crippen LogP contribution < -0.4 is 0 Å². The second kappa shape index (κ2) is 7.36. The molecule has 2 saturated heterocycles. The molecule has 3 atom stereocenters. The quantitative estimate of drug-likeness (QED) is 0.630. The first-order chi connectivity index (χ1) is 15.6. The minimum atomic E-state index is -0.192. The lowest BCUT2D eigenvalue weighted by molar-refractivity contribution is -0.146. The van der Waals surface area contributed by atoms with Crippen molar-refractivity contribution in [1.82, 2.24) is 4.90 Å². The highest BCUT2D eigenvalue weighted by atomic mass is 16.6. The average molecular weight is 432 g/mol. The number of rotatable bonds is 4. The normalized spacial score (nSPS) is 29.5. The van der Waals surface area contributed by atoms with E-state index in [-0.39, 0.29) is 41.4 Å². The van der Waals surface area contributed by atoms with Gasteiger partial charge < -0.3 is 14.4 Å². The fourth-order valence-electron chi connectivity index (χ4n) is 6.73. The van der Waals surface area contributed by atoms with Crippen LogP contribution >= 0.6 is 0 Å². The Morgan fingerprint density at radius 2 is 1.50 bits per heavy atom. The lowest BCUT2D eigenvalue weighted by Gasteiger charge is -2.39. The molecule has 2 aromatic carbocycles. The van der Waals surface area contributed by atoms with Crippen molar-refractivity contribution in [1.29, 1.82) is 0 Å². The Morgan fingerprint density at radius 3 is 2.09 bits per heavy atom. The van der Waals surface area contributed by atoms with Crippen molar-refractivity contribution in [3.8, 4) is 11.1 Å². The van der Waals surface area contributed by atoms with E-state index in [4.69, 9.17) is 9.47 Å². The second-order valence-electron chi connectivity index (χ2n) is 9.88. The van der Waals surface area contributed by atoms with Gasteiger partial charge in [0.1, 0.15) is 6.61 Å². The largest absolute Gasteiger partial charge is 0.466 e. The minimum absolute atomic E-state index is 0.0233. The van der Waals surface area contributed by atoms with Crippen molar-refractivity contribution in [3.63, 3.8) is 0 Å². The molecular weight excluding hydrogens is 402 g/mol. The summed E-state index contributed by atoms with van der Waals surface area (Å²) in [6.45, 7) is 2.65. The second-order valence-corrected chi connectivity index (χ2v) is 9.88. The monoisotopic (exact) mass is 431 g/mol. The van der Waals surface area contributed by atoms with Gasteiger partial charge in [0.2, 0.25) is 0 Å². The minimum Gasteiger partial charge on any atom is -0.466 e. The van der Waals surface area contributed by atoms with Crippen molar-refractivity contribution in [2.45, 2.75) is 57.0 Å². The van der Waals surface area contributed by atoms with E-state index in [2.05, 4.69) is 48.5 Å². The zero-order valence-corrected chi connectivity index (χ0v) is 18.5. The van der Waals surface area contributed by atoms with Gasteiger partial charge in [-0.15, -0.1) is 0 Å². The summed E-state index contributed by atoms with van der Waals surface area (Å²) in [5, 5.41) is 0. The number of nitrogens with zero attached hydrogens (tertiary/aromatic N) is 1. The van der Waals surface area contributed by atoms with Crippen molar-refractivity contribution in [2.24, 2.45) is 11.3 Å². The lowest BCUT2D eigenvalue weighted by atomic mass is 9.85. The molecule has 2 heterocycles. The van der Waals surface area contributed by atoms with Crippen LogP contribution in [-0.4, -0.2) is 42.3 Å². The van der Waals surface area contributed by atoms with Crippen molar-refractivity contribution >= 4 is 12.1 Å². The Balaban J connectivity index is 1.14. The number of hydrogen-bond donors (Lipinski definition) is 0. The van der Waals surface area contributed by atoms with Crippen molar-refractivity contribution in [2.75, 3.05) is 13.2 Å². The maximum absolute atomic E-state index is 13.2. The molecule has 2 aromatic rings. The molecular formula is C27H29NO4. The molecule has 5 nitrogen and oxygen atoms in total. The van der Waals surface area contributed by atoms with Gasteiger partial charge in [0.05, 0.1) is 12.5 Å². The van der Waals surface area contributed by atoms with E-state index in [1.165, 1.54) is 22.3 Å². The molecule has 6 rings (SSSR count). The first-order valence-corrected chi connectivity index (χ1v) is 11.9. The standard InChI is InChI=1S/C27H29NO4/c1-2-31-25(29)24-15-27(24)13-17-11-12-18(14-27)28(17)26(30)32-16-23-21-9-5-3-7-19(21)20-8-4-6-10-22(20)23/h3-10,17-18,23-24H,2,11-16H2,1H3. The van der Waals surface area contributed by atoms with Gasteiger partial charge in [-0.05, 0) is 66.7 Å². The van der Waals surface area contributed by atoms with Crippen molar-refractivity contribution < 1.29 is 19.1 Å². The average Bonchev–Trinajstić information content (AvgIpc) is 3.28. The summed E-state index contributed by atoms with van der Waals surface area (Å²) in [4.78, 5) is 27.4. The van der Waals surface area contributed by atoms with E-state index in [0.717, 1.165) is 32.1 Å². The maximum atomic E-state index is 13.2. The maximum Gasteiger partial charge on any atom is 0.410 e. The van der Waals surface area contributed by atoms with E-state index < -0.39 is 0 Å². The molecule has 3 fully saturated rings. The zero-order chi connectivity index (χ0) is 21.9. The molecule has 2 aliphatic carbocycles. The summed E-state index contributed by atoms with van der Waals surface area (Å²) in [5.74, 6) is 0.0495. The van der Waals surface area contributed by atoms with Gasteiger partial charge in [0, 0.05) is 18.0 Å². The predicted octanol–water partition coefficient (Wildman–Crippen LogP) is 5.13. The topological polar surface area (TPSA) is 55.8 Å². The van der Waals surface area contributed by atoms with Crippen LogP contribution in [0.25, 0.3) is 11.1 Å². The highest BCUT2D eigenvalue weighted by Gasteiger charge is 2.65. The molecule has 2 aliphatic heterocycles. The van der Waals surface area contributed by atoms with E-state index >= 15 is 0 Å². The van der Waals surface area contributed by atoms with E-state index in [0.29, 0.717) is 13.2 Å². The SMILES string of the molecule is CCOC(=O)C1CC12CC1CCC(C2)N1C(=O)OCC1c2ccccc2-c2ccccc21. The molecule has 0 aromatic heterocycles. The van der Waals surface area contributed by atoms with E-state index in [9.17, 15) is 9.59 Å². The number of fused-ring (bicyclic) bond motifs is 5. The molecule has 1 amide bonds. The Hall–Kier alpha value is -2.82. The van der Waals surface area contributed by atoms with Crippen molar-refractivity contribution in [3.05, 3.63) is 59.7 Å². The van der Waals surface area contributed by atoms with Gasteiger partial charge in [0.25, 0.3) is 0 Å². The summed E-state index contributed by atoms with van der Waals surface area (Å²) in [6.07, 6.45) is 4.53. The molecule has 1 saturated carbocycles. The van der Waals surface area contributed by atoms with Gasteiger partial charge >= 0.3 is 12.1 Å². The van der Waals surface area contributed by atoms with E-state index in [1.54, 1.807) is 0 Å². The summed E-state index contributed by atoms with van der Waals surface area (Å²) in [7, 11) is 0. The Kier molecular flexibility index (Phi) is 4.56. The van der Waals surface area contributed by atoms with Crippen LogP contribution in [0.1, 0.15) is 56.1 Å². The van der Waals surface area contributed by atoms with Gasteiger partial charge in [-0.25, -0.2) is 4.79 Å². The van der Waals surface area contributed by atoms with Crippen LogP contribution in [0.3, 0.4) is 0 Å². The Bertz CT molecular complexity index is 1020. The zero-order valence-electron chi connectivity index (χ0n) is 18.5. The number of ether oxygens (including phenoxy) is 2. The molecule has 3 unspecified atom stereocenters. The number of amides is 1. The fourth-order valence-corrected chi connectivity index (χ4v) is 6.73. The number of carbonyl (C=O) groups excluding carboxylic acids is 2. The Morgan fingerprint density at radius 1 is 0.906 bits per heavy atom. The molecule has 32 heavy (non-hydrogen) atoms. The number of benzene rings is 2. The first-order valence-electron chi connectivity index (χ1n) is 11.9. The van der Waals surface area contributed by atoms with Gasteiger partial charge in [0.15, 0.2) is 0 Å². The number of hydrogen-bond acceptors (Lipinski definition) is 4. The number of esters is 1. The van der Waals surface area contributed by atoms with E-state index in [1.807, 2.05) is 11.8 Å². The third kappa shape index (κ3) is 2.97. The smallest absolute Gasteiger partial charge is 0.410 e. The molecule has 0 N–H and O–H groups in total. The number of carbonyl (C=O) groups is 2. The van der Waals surface area contributed by atoms with Gasteiger partial charge in [-0.1, -0.05) is 48.5 Å². The fraction of sp³-hybridized carbons (Fsp3) is 0.481. The van der Waals surface area contributed by atoms with Crippen LogP contribution in [0.4, 0.5) is 4.79 Å². The molecule has 166 valence electrons. The third-order valence-electron chi connectivity index (χ3n) is 8.21. The molecule has 0 radical (unpaired) electrons. The summed E-state index contributed by atoms with van der Waals surface area (Å²) < 4.78 is 11.2. The third-order valence-corrected chi connectivity index (χ3v) is 8.21. The predicted molar refractivity (Wildman–Crippen MR) is 120 cm³/mol. The van der Waals surface area contributed by atoms with Crippen LogP contribution in [0.2, 0.25) is 0 Å². The highest BCUT2D eigenvalue weighted by Crippen LogP contribution is 2.64. The van der Waals surface area contributed by atoms with Crippen LogP contribution in [-0.2, 0) is 14.3 Å². The van der Waals surface area contributed by atoms with Gasteiger partial charge in [-0.2, -0.15) is 0 Å². The first kappa shape index (κ1) is 19.8. The summed E-state index contributed by atoms with van der Waals surface area (Å²) in [6, 6.07) is 17.2. The highest BCUT2D eigenvalue weighted by molar-refractivity contribution is 5.79. The van der Waals surface area contributed by atoms with Gasteiger partial charge in [-0.3, -0.25) is 4.79 Å². The summed E-state index contributed by atoms with van der Waals surface area (Å²) >= 11 is 0. The van der Waals surface area contributed by atoms with Crippen LogP contribution in [0.15, 0.2) is 48.5 Å². The van der Waals surface area contributed by atoms with Crippen LogP contribution in [0, 0.1) is 11.3 Å². The molecule has 5 heteroatoms. The van der Waals surface area contributed by atoms with Crippen LogP contribution in [0.5, 0.6) is 0 Å². The Labute approximate surface area is 188 Å². The molecule has 1 spiro atoms. The number of piperidine rings is 1.